The molecule has 1 aliphatic heterocycles. The van der Waals surface area contributed by atoms with Crippen molar-refractivity contribution < 1.29 is 0 Å². The smallest absolute Gasteiger partial charge is 0.0471 e. The Morgan fingerprint density at radius 3 is 2.32 bits per heavy atom. The molecule has 1 saturated heterocycles. The minimum Gasteiger partial charge on any atom is -0.369 e. The zero-order valence-corrected chi connectivity index (χ0v) is 13.4. The van der Waals surface area contributed by atoms with Crippen molar-refractivity contribution in [1.82, 2.24) is 4.90 Å². The van der Waals surface area contributed by atoms with Gasteiger partial charge in [-0.05, 0) is 23.8 Å². The first kappa shape index (κ1) is 15.3. The lowest BCUT2D eigenvalue weighted by atomic mass is 10.0. The summed E-state index contributed by atoms with van der Waals surface area (Å²) in [5.74, 6) is 0. The van der Waals surface area contributed by atoms with E-state index in [0.717, 1.165) is 31.2 Å². The highest BCUT2D eigenvalue weighted by molar-refractivity contribution is 6.30. The highest BCUT2D eigenvalue weighted by Gasteiger charge is 2.24. The zero-order chi connectivity index (χ0) is 15.4. The number of nitrogens with zero attached hydrogens (tertiary/aromatic N) is 2. The molecular formula is C18H22ClN3. The summed E-state index contributed by atoms with van der Waals surface area (Å²) in [6.07, 6.45) is 0. The van der Waals surface area contributed by atoms with E-state index in [0.29, 0.717) is 12.6 Å². The van der Waals surface area contributed by atoms with E-state index in [-0.39, 0.29) is 0 Å². The van der Waals surface area contributed by atoms with Crippen LogP contribution in [0.15, 0.2) is 54.6 Å². The molecule has 0 saturated carbocycles. The Hall–Kier alpha value is -1.55. The van der Waals surface area contributed by atoms with E-state index in [4.69, 9.17) is 17.3 Å². The summed E-state index contributed by atoms with van der Waals surface area (Å²) in [7, 11) is 0. The fraction of sp³-hybridized carbons (Fsp3) is 0.333. The SMILES string of the molecule is NCC(c1ccccc1)N1CCN(c2cccc(Cl)c2)CC1. The highest BCUT2D eigenvalue weighted by atomic mass is 35.5. The Morgan fingerprint density at radius 2 is 1.68 bits per heavy atom. The molecule has 1 heterocycles. The molecule has 0 spiro atoms. The van der Waals surface area contributed by atoms with Crippen molar-refractivity contribution in [2.75, 3.05) is 37.6 Å². The molecule has 0 aliphatic carbocycles. The third-order valence-corrected chi connectivity index (χ3v) is 4.57. The zero-order valence-electron chi connectivity index (χ0n) is 12.7. The largest absolute Gasteiger partial charge is 0.369 e. The van der Waals surface area contributed by atoms with Crippen LogP contribution >= 0.6 is 11.6 Å². The number of benzene rings is 2. The van der Waals surface area contributed by atoms with Gasteiger partial charge >= 0.3 is 0 Å². The van der Waals surface area contributed by atoms with E-state index < -0.39 is 0 Å². The number of piperazine rings is 1. The van der Waals surface area contributed by atoms with Gasteiger partial charge in [0.05, 0.1) is 0 Å². The summed E-state index contributed by atoms with van der Waals surface area (Å²) < 4.78 is 0. The van der Waals surface area contributed by atoms with Gasteiger partial charge in [0.15, 0.2) is 0 Å². The third-order valence-electron chi connectivity index (χ3n) is 4.34. The molecule has 1 atom stereocenters. The van der Waals surface area contributed by atoms with E-state index in [1.807, 2.05) is 24.3 Å². The van der Waals surface area contributed by atoms with Gasteiger partial charge in [-0.15, -0.1) is 0 Å². The highest BCUT2D eigenvalue weighted by Crippen LogP contribution is 2.24. The second-order valence-corrected chi connectivity index (χ2v) is 6.10. The van der Waals surface area contributed by atoms with Gasteiger partial charge in [-0.2, -0.15) is 0 Å². The van der Waals surface area contributed by atoms with E-state index in [9.17, 15) is 0 Å². The van der Waals surface area contributed by atoms with Crippen molar-refractivity contribution in [2.45, 2.75) is 6.04 Å². The molecule has 4 heteroatoms. The van der Waals surface area contributed by atoms with Crippen molar-refractivity contribution in [3.8, 4) is 0 Å². The molecule has 0 amide bonds. The first-order chi connectivity index (χ1) is 10.8. The van der Waals surface area contributed by atoms with E-state index in [2.05, 4.69) is 40.1 Å². The quantitative estimate of drug-likeness (QED) is 0.940. The van der Waals surface area contributed by atoms with Crippen LogP contribution in [0.25, 0.3) is 0 Å². The normalized spacial score (nSPS) is 17.5. The minimum absolute atomic E-state index is 0.308. The lowest BCUT2D eigenvalue weighted by Crippen LogP contribution is -2.49. The summed E-state index contributed by atoms with van der Waals surface area (Å²) >= 11 is 6.09. The van der Waals surface area contributed by atoms with Crippen LogP contribution in [-0.2, 0) is 0 Å². The van der Waals surface area contributed by atoms with Crippen LogP contribution in [-0.4, -0.2) is 37.6 Å². The molecule has 116 valence electrons. The topological polar surface area (TPSA) is 32.5 Å². The second-order valence-electron chi connectivity index (χ2n) is 5.67. The Labute approximate surface area is 137 Å². The fourth-order valence-electron chi connectivity index (χ4n) is 3.14. The van der Waals surface area contributed by atoms with Crippen LogP contribution in [0.3, 0.4) is 0 Å². The first-order valence-corrected chi connectivity index (χ1v) is 8.15. The van der Waals surface area contributed by atoms with Gasteiger partial charge in [0.25, 0.3) is 0 Å². The van der Waals surface area contributed by atoms with Gasteiger partial charge < -0.3 is 10.6 Å². The first-order valence-electron chi connectivity index (χ1n) is 7.77. The predicted molar refractivity (Wildman–Crippen MR) is 93.5 cm³/mol. The maximum atomic E-state index is 6.09. The van der Waals surface area contributed by atoms with Gasteiger partial charge in [0.1, 0.15) is 0 Å². The van der Waals surface area contributed by atoms with Gasteiger partial charge in [-0.3, -0.25) is 4.90 Å². The van der Waals surface area contributed by atoms with Crippen molar-refractivity contribution in [2.24, 2.45) is 5.73 Å². The average molecular weight is 316 g/mol. The van der Waals surface area contributed by atoms with E-state index in [1.54, 1.807) is 0 Å². The van der Waals surface area contributed by atoms with Crippen LogP contribution < -0.4 is 10.6 Å². The van der Waals surface area contributed by atoms with Gasteiger partial charge in [-0.1, -0.05) is 48.0 Å². The molecule has 2 aromatic carbocycles. The second kappa shape index (κ2) is 7.14. The summed E-state index contributed by atoms with van der Waals surface area (Å²) in [6.45, 7) is 4.70. The molecule has 22 heavy (non-hydrogen) atoms. The van der Waals surface area contributed by atoms with Crippen molar-refractivity contribution >= 4 is 17.3 Å². The number of hydrogen-bond donors (Lipinski definition) is 1. The van der Waals surface area contributed by atoms with Crippen molar-refractivity contribution in [1.29, 1.82) is 0 Å². The molecule has 0 radical (unpaired) electrons. The lowest BCUT2D eigenvalue weighted by molar-refractivity contribution is 0.190. The average Bonchev–Trinajstić information content (AvgIpc) is 2.57. The molecule has 3 nitrogen and oxygen atoms in total. The number of hydrogen-bond acceptors (Lipinski definition) is 3. The molecular weight excluding hydrogens is 294 g/mol. The third kappa shape index (κ3) is 3.43. The van der Waals surface area contributed by atoms with Gasteiger partial charge in [-0.25, -0.2) is 0 Å². The van der Waals surface area contributed by atoms with Crippen molar-refractivity contribution in [3.05, 3.63) is 65.2 Å². The van der Waals surface area contributed by atoms with Crippen LogP contribution in [0.5, 0.6) is 0 Å². The van der Waals surface area contributed by atoms with Crippen LogP contribution in [0.4, 0.5) is 5.69 Å². The minimum atomic E-state index is 0.308. The van der Waals surface area contributed by atoms with Crippen molar-refractivity contribution in [3.63, 3.8) is 0 Å². The number of anilines is 1. The number of halogens is 1. The van der Waals surface area contributed by atoms with Gasteiger partial charge in [0, 0.05) is 49.5 Å². The van der Waals surface area contributed by atoms with E-state index >= 15 is 0 Å². The number of nitrogens with two attached hydrogens (primary N) is 1. The Morgan fingerprint density at radius 1 is 0.955 bits per heavy atom. The summed E-state index contributed by atoms with van der Waals surface area (Å²) in [6, 6.07) is 18.9. The number of rotatable bonds is 4. The molecule has 2 N–H and O–H groups in total. The monoisotopic (exact) mass is 315 g/mol. The van der Waals surface area contributed by atoms with Crippen LogP contribution in [0.1, 0.15) is 11.6 Å². The standard InChI is InChI=1S/C18H22ClN3/c19-16-7-4-8-17(13-16)21-9-11-22(12-10-21)18(14-20)15-5-2-1-3-6-15/h1-8,13,18H,9-12,14,20H2. The molecule has 3 rings (SSSR count). The molecule has 0 aromatic heterocycles. The molecule has 0 bridgehead atoms. The van der Waals surface area contributed by atoms with Gasteiger partial charge in [0.2, 0.25) is 0 Å². The molecule has 1 fully saturated rings. The Balaban J connectivity index is 1.66. The molecule has 1 aliphatic rings. The van der Waals surface area contributed by atoms with Crippen LogP contribution in [0.2, 0.25) is 5.02 Å². The lowest BCUT2D eigenvalue weighted by Gasteiger charge is -2.40. The molecule has 2 aromatic rings. The summed E-state index contributed by atoms with van der Waals surface area (Å²) in [5, 5.41) is 0.795. The van der Waals surface area contributed by atoms with Crippen LogP contribution in [0, 0.1) is 0 Å². The van der Waals surface area contributed by atoms with E-state index in [1.165, 1.54) is 11.3 Å². The Bertz CT molecular complexity index is 594. The summed E-state index contributed by atoms with van der Waals surface area (Å²) in [4.78, 5) is 4.87. The maximum absolute atomic E-state index is 6.09. The molecule has 1 unspecified atom stereocenters. The Kier molecular flexibility index (Phi) is 4.98. The predicted octanol–water partition coefficient (Wildman–Crippen LogP) is 3.16. The fourth-order valence-corrected chi connectivity index (χ4v) is 3.32. The maximum Gasteiger partial charge on any atom is 0.0471 e. The summed E-state index contributed by atoms with van der Waals surface area (Å²) in [5.41, 5.74) is 8.54.